The van der Waals surface area contributed by atoms with Crippen LogP contribution in [0.1, 0.15) is 58.3 Å². The van der Waals surface area contributed by atoms with E-state index in [1.54, 1.807) is 0 Å². The second kappa shape index (κ2) is 18.0. The molecule has 0 rings (SSSR count). The first kappa shape index (κ1) is 18.8. The predicted molar refractivity (Wildman–Crippen MR) is 53.7 cm³/mol. The Morgan fingerprint density at radius 3 is 1.67 bits per heavy atom. The summed E-state index contributed by atoms with van der Waals surface area (Å²) in [5.74, 6) is 0. The molecule has 0 atom stereocenters. The number of hydrogen-bond acceptors (Lipinski definition) is 0. The van der Waals surface area contributed by atoms with E-state index in [-0.39, 0.29) is 35.9 Å². The molecule has 2 heteroatoms. The van der Waals surface area contributed by atoms with Gasteiger partial charge in [0.25, 0.3) is 0 Å². The maximum absolute atomic E-state index is 3.82. The van der Waals surface area contributed by atoms with Gasteiger partial charge in [-0.2, -0.15) is 6.42 Å². The Hall–Kier alpha value is 1.12. The van der Waals surface area contributed by atoms with Crippen molar-refractivity contribution in [3.63, 3.8) is 0 Å². The van der Waals surface area contributed by atoms with Crippen LogP contribution in [-0.2, 0) is 17.1 Å². The molecule has 0 unspecified atom stereocenters. The van der Waals surface area contributed by atoms with Gasteiger partial charge in [-0.25, -0.2) is 0 Å². The van der Waals surface area contributed by atoms with E-state index in [1.165, 1.54) is 44.9 Å². The van der Waals surface area contributed by atoms with Gasteiger partial charge >= 0.3 is 17.1 Å². The van der Waals surface area contributed by atoms with Gasteiger partial charge in [0.2, 0.25) is 0 Å². The molecular weight excluding hydrogens is 191 g/mol. The Morgan fingerprint density at radius 1 is 0.833 bits per heavy atom. The molecule has 0 aromatic heterocycles. The average molecular weight is 212 g/mol. The van der Waals surface area contributed by atoms with Gasteiger partial charge in [-0.1, -0.05) is 51.9 Å². The molecule has 0 bridgehead atoms. The van der Waals surface area contributed by atoms with Crippen molar-refractivity contribution >= 4 is 18.9 Å². The molecule has 0 aromatic rings. The molecule has 0 fully saturated rings. The monoisotopic (exact) mass is 211 g/mol. The normalized spacial score (nSPS) is 8.50. The Labute approximate surface area is 101 Å². The molecule has 0 aliphatic carbocycles. The fourth-order valence-corrected chi connectivity index (χ4v) is 1.13. The van der Waals surface area contributed by atoms with Crippen LogP contribution in [0.4, 0.5) is 0 Å². The molecule has 0 aliphatic heterocycles. The van der Waals surface area contributed by atoms with Gasteiger partial charge in [0.1, 0.15) is 0 Å². The second-order valence-corrected chi connectivity index (χ2v) is 2.97. The summed E-state index contributed by atoms with van der Waals surface area (Å²) in [5.41, 5.74) is 0. The van der Waals surface area contributed by atoms with Gasteiger partial charge in [-0.3, -0.25) is 0 Å². The molecule has 0 saturated carbocycles. The zero-order valence-electron chi connectivity index (χ0n) is 8.67. The Balaban J connectivity index is -0.000000405. The Kier molecular flexibility index (Phi) is 28.2. The maximum Gasteiger partial charge on any atom is 1.00 e. The summed E-state index contributed by atoms with van der Waals surface area (Å²) >= 11 is 0. The third kappa shape index (κ3) is 17.3. The molecule has 0 N–H and O–H groups in total. The first-order valence-electron chi connectivity index (χ1n) is 4.71. The zero-order valence-corrected chi connectivity index (χ0v) is 9.61. The summed E-state index contributed by atoms with van der Waals surface area (Å²) in [4.78, 5) is 0. The van der Waals surface area contributed by atoms with Crippen LogP contribution < -0.4 is 0 Å². The molecule has 0 aliphatic rings. The van der Waals surface area contributed by atoms with E-state index in [9.17, 15) is 0 Å². The van der Waals surface area contributed by atoms with E-state index in [4.69, 9.17) is 0 Å². The predicted octanol–water partition coefficient (Wildman–Crippen LogP) is 3.58. The van der Waals surface area contributed by atoms with E-state index < -0.39 is 0 Å². The summed E-state index contributed by atoms with van der Waals surface area (Å²) in [6.45, 7) is 6.08. The Morgan fingerprint density at radius 2 is 1.25 bits per heavy atom. The molecule has 0 aromatic carbocycles. The first-order valence-corrected chi connectivity index (χ1v) is 4.71. The molecule has 1 radical (unpaired) electrons. The van der Waals surface area contributed by atoms with Crippen molar-refractivity contribution in [3.05, 3.63) is 6.92 Å². The van der Waals surface area contributed by atoms with Gasteiger partial charge in [0.05, 0.1) is 0 Å². The SMILES string of the molecule is [CH2-]CCCCCCCCC.[Cu+].[Li]. The standard InChI is InChI=1S/C10H21.Cu.Li/c1-3-5-7-9-10-8-6-4-2;;/h1,3-10H2,2H3;;/q-1;+1;. The molecule has 0 amide bonds. The van der Waals surface area contributed by atoms with Crippen LogP contribution in [0.5, 0.6) is 0 Å². The van der Waals surface area contributed by atoms with Crippen molar-refractivity contribution in [2.24, 2.45) is 0 Å². The van der Waals surface area contributed by atoms with E-state index in [0.717, 1.165) is 6.42 Å². The third-order valence-electron chi connectivity index (χ3n) is 1.85. The van der Waals surface area contributed by atoms with E-state index in [1.807, 2.05) is 0 Å². The van der Waals surface area contributed by atoms with E-state index in [2.05, 4.69) is 13.8 Å². The fraction of sp³-hybridized carbons (Fsp3) is 0.900. The molecular formula is C10H21CuLi. The van der Waals surface area contributed by atoms with Crippen LogP contribution in [-0.4, -0.2) is 18.9 Å². The molecule has 0 spiro atoms. The molecule has 12 heavy (non-hydrogen) atoms. The van der Waals surface area contributed by atoms with Crippen LogP contribution in [0.15, 0.2) is 0 Å². The van der Waals surface area contributed by atoms with Gasteiger partial charge in [0.15, 0.2) is 0 Å². The minimum Gasteiger partial charge on any atom is -0.343 e. The summed E-state index contributed by atoms with van der Waals surface area (Å²) in [7, 11) is 0. The van der Waals surface area contributed by atoms with Gasteiger partial charge in [-0.05, 0) is 0 Å². The van der Waals surface area contributed by atoms with Crippen molar-refractivity contribution in [3.8, 4) is 0 Å². The van der Waals surface area contributed by atoms with Gasteiger partial charge < -0.3 is 6.92 Å². The summed E-state index contributed by atoms with van der Waals surface area (Å²) < 4.78 is 0. The molecule has 0 nitrogen and oxygen atoms in total. The number of rotatable bonds is 7. The van der Waals surface area contributed by atoms with Crippen molar-refractivity contribution in [1.82, 2.24) is 0 Å². The van der Waals surface area contributed by atoms with Gasteiger partial charge in [0, 0.05) is 18.9 Å². The van der Waals surface area contributed by atoms with Crippen molar-refractivity contribution in [1.29, 1.82) is 0 Å². The maximum atomic E-state index is 3.82. The summed E-state index contributed by atoms with van der Waals surface area (Å²) in [6.07, 6.45) is 10.9. The number of unbranched alkanes of at least 4 members (excludes halogenated alkanes) is 7. The smallest absolute Gasteiger partial charge is 0.343 e. The summed E-state index contributed by atoms with van der Waals surface area (Å²) in [5, 5.41) is 0. The minimum absolute atomic E-state index is 0. The first-order chi connectivity index (χ1) is 4.91. The Bertz CT molecular complexity index is 49.8. The average Bonchev–Trinajstić information content (AvgIpc) is 1.97. The summed E-state index contributed by atoms with van der Waals surface area (Å²) in [6, 6.07) is 0. The van der Waals surface area contributed by atoms with E-state index in [0.29, 0.717) is 0 Å². The van der Waals surface area contributed by atoms with E-state index >= 15 is 0 Å². The topological polar surface area (TPSA) is 0 Å². The zero-order chi connectivity index (χ0) is 7.66. The van der Waals surface area contributed by atoms with Crippen molar-refractivity contribution < 1.29 is 17.1 Å². The second-order valence-electron chi connectivity index (χ2n) is 2.97. The molecule has 73 valence electrons. The van der Waals surface area contributed by atoms with Crippen LogP contribution in [0.3, 0.4) is 0 Å². The number of hydrogen-bond donors (Lipinski definition) is 0. The van der Waals surface area contributed by atoms with Crippen LogP contribution in [0.2, 0.25) is 0 Å². The van der Waals surface area contributed by atoms with Crippen molar-refractivity contribution in [2.75, 3.05) is 0 Å². The van der Waals surface area contributed by atoms with Crippen LogP contribution in [0, 0.1) is 6.92 Å². The third-order valence-corrected chi connectivity index (χ3v) is 1.85. The minimum atomic E-state index is 0. The van der Waals surface area contributed by atoms with Crippen LogP contribution >= 0.6 is 0 Å². The molecule has 0 saturated heterocycles. The van der Waals surface area contributed by atoms with Gasteiger partial charge in [-0.15, -0.1) is 0 Å². The van der Waals surface area contributed by atoms with Crippen molar-refractivity contribution in [2.45, 2.75) is 58.3 Å². The quantitative estimate of drug-likeness (QED) is 0.343. The fourth-order valence-electron chi connectivity index (χ4n) is 1.13. The molecule has 0 heterocycles. The largest absolute Gasteiger partial charge is 1.00 e. The van der Waals surface area contributed by atoms with Crippen LogP contribution in [0.25, 0.3) is 0 Å².